The minimum Gasteiger partial charge on any atom is -0.462 e. The normalized spacial score (nSPS) is 14.3. The molecule has 0 fully saturated rings. The van der Waals surface area contributed by atoms with Crippen LogP contribution in [0, 0.1) is 11.8 Å². The maximum absolute atomic E-state index is 13.1. The molecular formula is C74H144O17P2. The second-order valence-corrected chi connectivity index (χ2v) is 30.3. The SMILES string of the molecule is CCCCCCCCCCCCCCCC(=O)OC[C@H](COP(=O)(O)OC[C@H](O)COP(=O)(O)OC[C@@H](COC(=O)CCCCCCCCCCCCC(C)C)OC(=O)CCCCCCCCCCCCC(C)CC)OC(=O)CCCCCCCCCCCCCCC. The van der Waals surface area contributed by atoms with Crippen LogP contribution in [0.5, 0.6) is 0 Å². The Morgan fingerprint density at radius 2 is 0.548 bits per heavy atom. The second kappa shape index (κ2) is 66.0. The van der Waals surface area contributed by atoms with Gasteiger partial charge in [-0.25, -0.2) is 9.13 Å². The lowest BCUT2D eigenvalue weighted by Crippen LogP contribution is -2.30. The molecule has 93 heavy (non-hydrogen) atoms. The van der Waals surface area contributed by atoms with Crippen molar-refractivity contribution in [2.45, 2.75) is 400 Å². The Morgan fingerprint density at radius 3 is 0.817 bits per heavy atom. The number of hydrogen-bond acceptors (Lipinski definition) is 15. The van der Waals surface area contributed by atoms with Crippen LogP contribution in [0.2, 0.25) is 0 Å². The molecule has 0 aliphatic heterocycles. The predicted molar refractivity (Wildman–Crippen MR) is 377 cm³/mol. The number of rotatable bonds is 73. The topological polar surface area (TPSA) is 237 Å². The summed E-state index contributed by atoms with van der Waals surface area (Å²) < 4.78 is 68.5. The van der Waals surface area contributed by atoms with E-state index in [-0.39, 0.29) is 25.7 Å². The van der Waals surface area contributed by atoms with Gasteiger partial charge in [-0.1, -0.05) is 330 Å². The molecule has 0 aromatic carbocycles. The summed E-state index contributed by atoms with van der Waals surface area (Å²) in [5.41, 5.74) is 0. The number of aliphatic hydroxyl groups excluding tert-OH is 1. The highest BCUT2D eigenvalue weighted by atomic mass is 31.2. The molecule has 3 N–H and O–H groups in total. The quantitative estimate of drug-likeness (QED) is 0.0222. The van der Waals surface area contributed by atoms with Crippen molar-refractivity contribution in [3.8, 4) is 0 Å². The molecule has 0 rings (SSSR count). The third-order valence-corrected chi connectivity index (χ3v) is 19.5. The Labute approximate surface area is 568 Å². The van der Waals surface area contributed by atoms with Crippen molar-refractivity contribution in [3.63, 3.8) is 0 Å². The number of phosphoric ester groups is 2. The molecule has 19 heteroatoms. The van der Waals surface area contributed by atoms with Gasteiger partial charge in [-0.05, 0) is 37.5 Å². The predicted octanol–water partition coefficient (Wildman–Crippen LogP) is 21.6. The van der Waals surface area contributed by atoms with E-state index in [1.165, 1.54) is 199 Å². The van der Waals surface area contributed by atoms with Gasteiger partial charge >= 0.3 is 39.5 Å². The molecular weight excluding hydrogens is 1220 g/mol. The Bertz CT molecular complexity index is 1810. The minimum absolute atomic E-state index is 0.106. The van der Waals surface area contributed by atoms with Gasteiger partial charge in [-0.3, -0.25) is 37.3 Å². The minimum atomic E-state index is -4.95. The zero-order valence-corrected chi connectivity index (χ0v) is 62.3. The highest BCUT2D eigenvalue weighted by Gasteiger charge is 2.30. The molecule has 3 unspecified atom stereocenters. The van der Waals surface area contributed by atoms with Crippen LogP contribution in [0.25, 0.3) is 0 Å². The monoisotopic (exact) mass is 1370 g/mol. The molecule has 0 saturated heterocycles. The molecule has 0 aromatic rings. The highest BCUT2D eigenvalue weighted by Crippen LogP contribution is 2.45. The molecule has 17 nitrogen and oxygen atoms in total. The molecule has 0 spiro atoms. The van der Waals surface area contributed by atoms with Gasteiger partial charge in [0.05, 0.1) is 26.4 Å². The Hall–Kier alpha value is -1.94. The number of hydrogen-bond donors (Lipinski definition) is 3. The van der Waals surface area contributed by atoms with E-state index in [4.69, 9.17) is 37.0 Å². The molecule has 0 amide bonds. The van der Waals surface area contributed by atoms with Gasteiger partial charge in [0, 0.05) is 25.7 Å². The third-order valence-electron chi connectivity index (χ3n) is 17.6. The zero-order chi connectivity index (χ0) is 68.6. The summed E-state index contributed by atoms with van der Waals surface area (Å²) in [4.78, 5) is 72.8. The molecule has 0 aliphatic rings. The van der Waals surface area contributed by atoms with Crippen LogP contribution in [0.15, 0.2) is 0 Å². The fourth-order valence-electron chi connectivity index (χ4n) is 11.3. The first-order chi connectivity index (χ1) is 44.9. The molecule has 6 atom stereocenters. The van der Waals surface area contributed by atoms with E-state index >= 15 is 0 Å². The van der Waals surface area contributed by atoms with Crippen molar-refractivity contribution in [1.82, 2.24) is 0 Å². The first-order valence-electron chi connectivity index (χ1n) is 38.5. The van der Waals surface area contributed by atoms with Crippen LogP contribution in [0.1, 0.15) is 382 Å². The van der Waals surface area contributed by atoms with Gasteiger partial charge in [0.25, 0.3) is 0 Å². The standard InChI is InChI=1S/C74H144O17P2/c1-7-10-12-14-16-18-20-22-24-32-38-44-50-56-71(76)84-62-69(90-73(78)58-52-46-40-34-25-23-21-19-17-15-13-11-8-2)64-88-92(80,81)86-60-68(75)61-87-93(82,83)89-65-70(63-85-72(77)57-51-45-39-33-28-26-30-36-42-48-54-66(4)5)91-74(79)59-53-47-41-35-29-27-31-37-43-49-55-67(6)9-3/h66-70,75H,7-65H2,1-6H3,(H,80,81)(H,82,83)/t67?,68-,69+,70+/m0/s1. The Balaban J connectivity index is 5.27. The first kappa shape index (κ1) is 91.1. The number of aliphatic hydroxyl groups is 1. The third kappa shape index (κ3) is 67.0. The zero-order valence-electron chi connectivity index (χ0n) is 60.6. The summed E-state index contributed by atoms with van der Waals surface area (Å²) in [5.74, 6) is -0.554. The van der Waals surface area contributed by atoms with Gasteiger partial charge in [0.15, 0.2) is 12.2 Å². The summed E-state index contributed by atoms with van der Waals surface area (Å²) in [7, 11) is -9.91. The summed E-state index contributed by atoms with van der Waals surface area (Å²) in [5, 5.41) is 10.6. The van der Waals surface area contributed by atoms with Gasteiger partial charge in [-0.15, -0.1) is 0 Å². The molecule has 0 aromatic heterocycles. The lowest BCUT2D eigenvalue weighted by molar-refractivity contribution is -0.161. The van der Waals surface area contributed by atoms with Crippen LogP contribution in [0.4, 0.5) is 0 Å². The van der Waals surface area contributed by atoms with E-state index in [0.29, 0.717) is 25.7 Å². The second-order valence-electron chi connectivity index (χ2n) is 27.4. The number of unbranched alkanes of at least 4 members (excludes halogenated alkanes) is 42. The Kier molecular flexibility index (Phi) is 64.6. The van der Waals surface area contributed by atoms with E-state index in [9.17, 15) is 43.2 Å². The first-order valence-corrected chi connectivity index (χ1v) is 41.5. The average molecular weight is 1370 g/mol. The van der Waals surface area contributed by atoms with E-state index in [1.807, 2.05) is 0 Å². The van der Waals surface area contributed by atoms with Crippen LogP contribution in [-0.2, 0) is 65.4 Å². The maximum atomic E-state index is 13.1. The van der Waals surface area contributed by atoms with E-state index in [0.717, 1.165) is 102 Å². The highest BCUT2D eigenvalue weighted by molar-refractivity contribution is 7.47. The lowest BCUT2D eigenvalue weighted by Gasteiger charge is -2.21. The number of phosphoric acid groups is 2. The van der Waals surface area contributed by atoms with E-state index < -0.39 is 97.5 Å². The summed E-state index contributed by atoms with van der Waals surface area (Å²) in [6.45, 7) is 9.61. The van der Waals surface area contributed by atoms with Gasteiger partial charge < -0.3 is 33.8 Å². The average Bonchev–Trinajstić information content (AvgIpc) is 2.32. The van der Waals surface area contributed by atoms with Gasteiger partial charge in [0.1, 0.15) is 19.3 Å². The Morgan fingerprint density at radius 1 is 0.312 bits per heavy atom. The fourth-order valence-corrected chi connectivity index (χ4v) is 12.8. The maximum Gasteiger partial charge on any atom is 0.472 e. The number of carbonyl (C=O) groups is 4. The van der Waals surface area contributed by atoms with Crippen LogP contribution in [0.3, 0.4) is 0 Å². The summed E-state index contributed by atoms with van der Waals surface area (Å²) in [6, 6.07) is 0. The van der Waals surface area contributed by atoms with Crippen molar-refractivity contribution in [3.05, 3.63) is 0 Å². The lowest BCUT2D eigenvalue weighted by atomic mass is 9.99. The van der Waals surface area contributed by atoms with E-state index in [1.54, 1.807) is 0 Å². The van der Waals surface area contributed by atoms with Crippen LogP contribution >= 0.6 is 15.6 Å². The van der Waals surface area contributed by atoms with Crippen LogP contribution < -0.4 is 0 Å². The van der Waals surface area contributed by atoms with Crippen LogP contribution in [-0.4, -0.2) is 96.7 Å². The number of esters is 4. The van der Waals surface area contributed by atoms with Crippen molar-refractivity contribution < 1.29 is 80.2 Å². The molecule has 0 saturated carbocycles. The molecule has 0 bridgehead atoms. The number of carbonyl (C=O) groups excluding carboxylic acids is 4. The van der Waals surface area contributed by atoms with Gasteiger partial charge in [0.2, 0.25) is 0 Å². The summed E-state index contributed by atoms with van der Waals surface area (Å²) in [6.07, 6.45) is 52.4. The largest absolute Gasteiger partial charge is 0.472 e. The molecule has 0 aliphatic carbocycles. The number of ether oxygens (including phenoxy) is 4. The van der Waals surface area contributed by atoms with Crippen molar-refractivity contribution in [2.24, 2.45) is 11.8 Å². The molecule has 0 radical (unpaired) electrons. The fraction of sp³-hybridized carbons (Fsp3) is 0.946. The molecule has 0 heterocycles. The van der Waals surface area contributed by atoms with Crippen molar-refractivity contribution in [2.75, 3.05) is 39.6 Å². The van der Waals surface area contributed by atoms with Gasteiger partial charge in [-0.2, -0.15) is 0 Å². The van der Waals surface area contributed by atoms with Crippen molar-refractivity contribution in [1.29, 1.82) is 0 Å². The van der Waals surface area contributed by atoms with Crippen molar-refractivity contribution >= 4 is 39.5 Å². The summed E-state index contributed by atoms with van der Waals surface area (Å²) >= 11 is 0. The smallest absolute Gasteiger partial charge is 0.462 e. The molecule has 552 valence electrons. The van der Waals surface area contributed by atoms with E-state index in [2.05, 4.69) is 41.5 Å².